The second-order valence-corrected chi connectivity index (χ2v) is 6.30. The molecule has 9 heteroatoms. The van der Waals surface area contributed by atoms with Crippen LogP contribution in [-0.2, 0) is 16.1 Å². The van der Waals surface area contributed by atoms with Crippen molar-refractivity contribution in [3.05, 3.63) is 23.8 Å². The number of ether oxygens (including phenoxy) is 3. The van der Waals surface area contributed by atoms with Crippen LogP contribution < -0.4 is 14.8 Å². The van der Waals surface area contributed by atoms with E-state index >= 15 is 0 Å². The first-order valence-electron chi connectivity index (χ1n) is 9.22. The van der Waals surface area contributed by atoms with Gasteiger partial charge < -0.3 is 24.4 Å². The smallest absolute Gasteiger partial charge is 0.387 e. The molecule has 2 rings (SSSR count). The minimum Gasteiger partial charge on any atom is -0.493 e. The number of esters is 1. The first-order chi connectivity index (χ1) is 13.5. The van der Waals surface area contributed by atoms with Crippen LogP contribution in [0, 0.1) is 5.92 Å². The lowest BCUT2D eigenvalue weighted by atomic mass is 9.98. The average molecular weight is 399 g/mol. The molecule has 1 saturated heterocycles. The van der Waals surface area contributed by atoms with Crippen molar-refractivity contribution in [1.82, 2.24) is 10.2 Å². The summed E-state index contributed by atoms with van der Waals surface area (Å²) in [5, 5.41) is 3.20. The highest BCUT2D eigenvalue weighted by molar-refractivity contribution is 5.81. The number of aliphatic imine (C=N–C) groups is 1. The maximum atomic E-state index is 12.6. The molecule has 28 heavy (non-hydrogen) atoms. The van der Waals surface area contributed by atoms with E-state index in [1.54, 1.807) is 26.1 Å². The molecular weight excluding hydrogens is 372 g/mol. The summed E-state index contributed by atoms with van der Waals surface area (Å²) >= 11 is 0. The van der Waals surface area contributed by atoms with Gasteiger partial charge in [-0.15, -0.1) is 0 Å². The summed E-state index contributed by atoms with van der Waals surface area (Å²) < 4.78 is 39.8. The molecule has 1 N–H and O–H groups in total. The highest BCUT2D eigenvalue weighted by Gasteiger charge is 2.28. The first-order valence-corrected chi connectivity index (χ1v) is 9.22. The molecule has 0 aliphatic carbocycles. The third kappa shape index (κ3) is 5.97. The molecule has 1 aromatic rings. The molecule has 0 spiro atoms. The predicted octanol–water partition coefficient (Wildman–Crippen LogP) is 2.65. The zero-order valence-electron chi connectivity index (χ0n) is 16.4. The van der Waals surface area contributed by atoms with Gasteiger partial charge in [-0.25, -0.2) is 0 Å². The van der Waals surface area contributed by atoms with Crippen molar-refractivity contribution >= 4 is 11.9 Å². The fourth-order valence-electron chi connectivity index (χ4n) is 3.15. The van der Waals surface area contributed by atoms with Gasteiger partial charge in [0.1, 0.15) is 0 Å². The number of methoxy groups -OCH3 is 1. The summed E-state index contributed by atoms with van der Waals surface area (Å²) in [6.07, 6.45) is 1.65. The Labute approximate surface area is 163 Å². The van der Waals surface area contributed by atoms with E-state index in [0.717, 1.165) is 24.9 Å². The van der Waals surface area contributed by atoms with Crippen LogP contribution in [0.5, 0.6) is 11.5 Å². The van der Waals surface area contributed by atoms with Crippen molar-refractivity contribution in [1.29, 1.82) is 0 Å². The number of halogens is 2. The third-order valence-corrected chi connectivity index (χ3v) is 4.45. The number of hydrogen-bond acceptors (Lipinski definition) is 5. The van der Waals surface area contributed by atoms with Crippen LogP contribution in [0.15, 0.2) is 23.2 Å². The number of nitrogens with one attached hydrogen (secondary N) is 1. The molecule has 0 aromatic heterocycles. The Morgan fingerprint density at radius 3 is 2.82 bits per heavy atom. The number of guanidine groups is 1. The Morgan fingerprint density at radius 1 is 1.39 bits per heavy atom. The van der Waals surface area contributed by atoms with Gasteiger partial charge in [-0.05, 0) is 37.5 Å². The van der Waals surface area contributed by atoms with E-state index in [1.807, 2.05) is 4.90 Å². The number of carbonyl (C=O) groups excluding carboxylic acids is 1. The van der Waals surface area contributed by atoms with Gasteiger partial charge in [0, 0.05) is 26.7 Å². The van der Waals surface area contributed by atoms with E-state index in [4.69, 9.17) is 9.47 Å². The maximum absolute atomic E-state index is 12.6. The Hall–Kier alpha value is -2.58. The Morgan fingerprint density at radius 2 is 2.18 bits per heavy atom. The van der Waals surface area contributed by atoms with Gasteiger partial charge in [0.2, 0.25) is 0 Å². The maximum Gasteiger partial charge on any atom is 0.387 e. The van der Waals surface area contributed by atoms with E-state index in [-0.39, 0.29) is 23.4 Å². The molecule has 1 unspecified atom stereocenters. The van der Waals surface area contributed by atoms with Gasteiger partial charge in [0.15, 0.2) is 17.5 Å². The Balaban J connectivity index is 2.01. The normalized spacial score (nSPS) is 17.4. The number of rotatable bonds is 7. The van der Waals surface area contributed by atoms with Crippen molar-refractivity contribution in [2.75, 3.05) is 33.9 Å². The second-order valence-electron chi connectivity index (χ2n) is 6.30. The van der Waals surface area contributed by atoms with Crippen LogP contribution in [0.3, 0.4) is 0 Å². The molecule has 0 amide bonds. The van der Waals surface area contributed by atoms with E-state index in [2.05, 4.69) is 15.0 Å². The monoisotopic (exact) mass is 399 g/mol. The second kappa shape index (κ2) is 10.7. The summed E-state index contributed by atoms with van der Waals surface area (Å²) in [7, 11) is 3.05. The SMILES string of the molecule is CCOC(=O)C1CCCN(C(=NC)NCc2ccc(OC)c(OC(F)F)c2)C1. The van der Waals surface area contributed by atoms with E-state index in [1.165, 1.54) is 13.2 Å². The molecule has 1 atom stereocenters. The van der Waals surface area contributed by atoms with Gasteiger partial charge in [-0.2, -0.15) is 8.78 Å². The van der Waals surface area contributed by atoms with Crippen molar-refractivity contribution < 1.29 is 27.8 Å². The molecule has 1 aliphatic heterocycles. The molecule has 0 bridgehead atoms. The highest BCUT2D eigenvalue weighted by atomic mass is 19.3. The highest BCUT2D eigenvalue weighted by Crippen LogP contribution is 2.29. The van der Waals surface area contributed by atoms with Gasteiger partial charge in [-0.3, -0.25) is 9.79 Å². The van der Waals surface area contributed by atoms with Gasteiger partial charge in [0.25, 0.3) is 0 Å². The minimum atomic E-state index is -2.93. The molecular formula is C19H27F2N3O4. The number of piperidine rings is 1. The molecule has 156 valence electrons. The summed E-state index contributed by atoms with van der Waals surface area (Å²) in [4.78, 5) is 18.3. The molecule has 0 radical (unpaired) electrons. The summed E-state index contributed by atoms with van der Waals surface area (Å²) in [5.41, 5.74) is 0.733. The lowest BCUT2D eigenvalue weighted by Gasteiger charge is -2.34. The van der Waals surface area contributed by atoms with Crippen molar-refractivity contribution in [2.45, 2.75) is 32.9 Å². The fraction of sp³-hybridized carbons (Fsp3) is 0.579. The topological polar surface area (TPSA) is 72.4 Å². The molecule has 0 saturated carbocycles. The van der Waals surface area contributed by atoms with E-state index in [0.29, 0.717) is 25.7 Å². The van der Waals surface area contributed by atoms with Crippen LogP contribution in [0.2, 0.25) is 0 Å². The summed E-state index contributed by atoms with van der Waals surface area (Å²) in [6.45, 7) is 0.885. The lowest BCUT2D eigenvalue weighted by Crippen LogP contribution is -2.48. The van der Waals surface area contributed by atoms with Crippen molar-refractivity contribution in [2.24, 2.45) is 10.9 Å². The quantitative estimate of drug-likeness (QED) is 0.432. The summed E-state index contributed by atoms with van der Waals surface area (Å²) in [6, 6.07) is 4.84. The van der Waals surface area contributed by atoms with E-state index < -0.39 is 6.61 Å². The predicted molar refractivity (Wildman–Crippen MR) is 101 cm³/mol. The van der Waals surface area contributed by atoms with Crippen LogP contribution in [-0.4, -0.2) is 57.3 Å². The third-order valence-electron chi connectivity index (χ3n) is 4.45. The zero-order valence-corrected chi connectivity index (χ0v) is 16.4. The number of hydrogen-bond donors (Lipinski definition) is 1. The largest absolute Gasteiger partial charge is 0.493 e. The molecule has 1 aliphatic rings. The number of nitrogens with zero attached hydrogens (tertiary/aromatic N) is 2. The number of likely N-dealkylation sites (tertiary alicyclic amines) is 1. The molecule has 1 heterocycles. The molecule has 1 fully saturated rings. The first kappa shape index (κ1) is 21.7. The zero-order chi connectivity index (χ0) is 20.5. The van der Waals surface area contributed by atoms with Crippen LogP contribution in [0.4, 0.5) is 8.78 Å². The number of benzene rings is 1. The van der Waals surface area contributed by atoms with Gasteiger partial charge >= 0.3 is 12.6 Å². The van der Waals surface area contributed by atoms with Crippen LogP contribution in [0.1, 0.15) is 25.3 Å². The molecule has 7 nitrogen and oxygen atoms in total. The van der Waals surface area contributed by atoms with Crippen molar-refractivity contribution in [3.8, 4) is 11.5 Å². The minimum absolute atomic E-state index is 0.0212. The van der Waals surface area contributed by atoms with E-state index in [9.17, 15) is 13.6 Å². The fourth-order valence-corrected chi connectivity index (χ4v) is 3.15. The lowest BCUT2D eigenvalue weighted by molar-refractivity contribution is -0.149. The Bertz CT molecular complexity index is 685. The van der Waals surface area contributed by atoms with Crippen LogP contribution in [0.25, 0.3) is 0 Å². The van der Waals surface area contributed by atoms with Crippen LogP contribution >= 0.6 is 0 Å². The molecule has 1 aromatic carbocycles. The number of carbonyl (C=O) groups is 1. The summed E-state index contributed by atoms with van der Waals surface area (Å²) in [5.74, 6) is 0.487. The van der Waals surface area contributed by atoms with Crippen molar-refractivity contribution in [3.63, 3.8) is 0 Å². The van der Waals surface area contributed by atoms with Gasteiger partial charge in [0.05, 0.1) is 19.6 Å². The van der Waals surface area contributed by atoms with Gasteiger partial charge in [-0.1, -0.05) is 6.07 Å². The average Bonchev–Trinajstić information content (AvgIpc) is 2.68. The number of alkyl halides is 2. The standard InChI is InChI=1S/C19H27F2N3O4/c1-4-27-17(25)14-6-5-9-24(12-14)19(22-2)23-11-13-7-8-15(26-3)16(10-13)28-18(20)21/h7-8,10,14,18H,4-6,9,11-12H2,1-3H3,(H,22,23). The Kier molecular flexibility index (Phi) is 8.28.